The first-order valence-electron chi connectivity index (χ1n) is 5.71. The van der Waals surface area contributed by atoms with E-state index >= 15 is 0 Å². The van der Waals surface area contributed by atoms with Crippen molar-refractivity contribution in [3.8, 4) is 0 Å². The van der Waals surface area contributed by atoms with Gasteiger partial charge in [-0.1, -0.05) is 0 Å². The highest BCUT2D eigenvalue weighted by Crippen LogP contribution is 2.13. The van der Waals surface area contributed by atoms with Crippen LogP contribution in [0.25, 0.3) is 6.08 Å². The summed E-state index contributed by atoms with van der Waals surface area (Å²) in [5.41, 5.74) is 3.21. The van der Waals surface area contributed by atoms with Crippen molar-refractivity contribution in [2.45, 2.75) is 13.8 Å². The van der Waals surface area contributed by atoms with Gasteiger partial charge in [-0.15, -0.1) is 0 Å². The molecular weight excluding hydrogens is 228 g/mol. The number of carbonyl (C=O) groups is 1. The van der Waals surface area contributed by atoms with Crippen LogP contribution in [0.3, 0.4) is 0 Å². The molecule has 2 heterocycles. The third-order valence-electron chi connectivity index (χ3n) is 3.02. The van der Waals surface area contributed by atoms with E-state index in [-0.39, 0.29) is 5.78 Å². The van der Waals surface area contributed by atoms with Gasteiger partial charge in [0.2, 0.25) is 0 Å². The zero-order valence-electron chi connectivity index (χ0n) is 11.0. The molecular formula is C13H16N4O. The lowest BCUT2D eigenvalue weighted by Crippen LogP contribution is -2.00. The van der Waals surface area contributed by atoms with E-state index in [0.717, 1.165) is 17.1 Å². The highest BCUT2D eigenvalue weighted by molar-refractivity contribution is 6.08. The van der Waals surface area contributed by atoms with Gasteiger partial charge in [0, 0.05) is 26.0 Å². The van der Waals surface area contributed by atoms with E-state index < -0.39 is 0 Å². The molecule has 0 N–H and O–H groups in total. The van der Waals surface area contributed by atoms with Gasteiger partial charge in [-0.25, -0.2) is 0 Å². The standard InChI is InChI=1S/C13H16N4O/c1-9-13(10(2)16(3)15-9)12(18)6-5-11-7-8-14-17(11)4/h5-8H,1-4H3. The Morgan fingerprint density at radius 1 is 1.28 bits per heavy atom. The number of rotatable bonds is 3. The lowest BCUT2D eigenvalue weighted by Gasteiger charge is -1.97. The van der Waals surface area contributed by atoms with Crippen LogP contribution < -0.4 is 0 Å². The van der Waals surface area contributed by atoms with Crippen LogP contribution in [0.15, 0.2) is 18.3 Å². The Morgan fingerprint density at radius 3 is 2.50 bits per heavy atom. The van der Waals surface area contributed by atoms with Gasteiger partial charge in [-0.3, -0.25) is 14.2 Å². The zero-order chi connectivity index (χ0) is 13.3. The second-order valence-electron chi connectivity index (χ2n) is 4.25. The van der Waals surface area contributed by atoms with Crippen LogP contribution in [-0.2, 0) is 14.1 Å². The number of ketones is 1. The zero-order valence-corrected chi connectivity index (χ0v) is 11.0. The van der Waals surface area contributed by atoms with E-state index in [2.05, 4.69) is 10.2 Å². The first-order valence-corrected chi connectivity index (χ1v) is 5.71. The molecule has 2 aromatic rings. The van der Waals surface area contributed by atoms with E-state index in [4.69, 9.17) is 0 Å². The molecule has 0 aliphatic carbocycles. The number of hydrogen-bond acceptors (Lipinski definition) is 3. The summed E-state index contributed by atoms with van der Waals surface area (Å²) >= 11 is 0. The molecule has 0 fully saturated rings. The molecule has 5 nitrogen and oxygen atoms in total. The molecule has 0 amide bonds. The second kappa shape index (κ2) is 4.60. The van der Waals surface area contributed by atoms with Crippen LogP contribution >= 0.6 is 0 Å². The molecule has 94 valence electrons. The van der Waals surface area contributed by atoms with Gasteiger partial charge in [0.25, 0.3) is 0 Å². The Hall–Kier alpha value is -2.17. The van der Waals surface area contributed by atoms with Gasteiger partial charge in [0.05, 0.1) is 17.0 Å². The molecule has 2 aromatic heterocycles. The molecule has 0 spiro atoms. The Kier molecular flexibility index (Phi) is 3.14. The first kappa shape index (κ1) is 12.3. The predicted molar refractivity (Wildman–Crippen MR) is 69.3 cm³/mol. The summed E-state index contributed by atoms with van der Waals surface area (Å²) in [5, 5.41) is 8.28. The highest BCUT2D eigenvalue weighted by Gasteiger charge is 2.14. The average molecular weight is 244 g/mol. The van der Waals surface area contributed by atoms with Crippen LogP contribution in [0.1, 0.15) is 27.4 Å². The van der Waals surface area contributed by atoms with E-state index in [9.17, 15) is 4.79 Å². The van der Waals surface area contributed by atoms with Crippen molar-refractivity contribution < 1.29 is 4.79 Å². The fourth-order valence-electron chi connectivity index (χ4n) is 1.92. The van der Waals surface area contributed by atoms with Gasteiger partial charge in [-0.05, 0) is 32.1 Å². The van der Waals surface area contributed by atoms with Gasteiger partial charge in [-0.2, -0.15) is 10.2 Å². The fourth-order valence-corrected chi connectivity index (χ4v) is 1.92. The SMILES string of the molecule is Cc1nn(C)c(C)c1C(=O)C=Cc1ccnn1C. The summed E-state index contributed by atoms with van der Waals surface area (Å²) < 4.78 is 3.44. The largest absolute Gasteiger partial charge is 0.289 e. The number of nitrogens with zero attached hydrogens (tertiary/aromatic N) is 4. The Balaban J connectivity index is 2.28. The summed E-state index contributed by atoms with van der Waals surface area (Å²) in [4.78, 5) is 12.1. The van der Waals surface area contributed by atoms with Crippen molar-refractivity contribution in [3.05, 3.63) is 41.0 Å². The maximum absolute atomic E-state index is 12.1. The molecule has 2 rings (SSSR count). The van der Waals surface area contributed by atoms with Gasteiger partial charge >= 0.3 is 0 Å². The summed E-state index contributed by atoms with van der Waals surface area (Å²) in [6.07, 6.45) is 5.03. The summed E-state index contributed by atoms with van der Waals surface area (Å²) in [5.74, 6) is -0.0284. The topological polar surface area (TPSA) is 52.7 Å². The van der Waals surface area contributed by atoms with Crippen LogP contribution in [0.2, 0.25) is 0 Å². The van der Waals surface area contributed by atoms with Crippen LogP contribution in [0.4, 0.5) is 0 Å². The van der Waals surface area contributed by atoms with E-state index in [1.54, 1.807) is 27.7 Å². The van der Waals surface area contributed by atoms with Crippen LogP contribution in [0.5, 0.6) is 0 Å². The van der Waals surface area contributed by atoms with Crippen LogP contribution in [0, 0.1) is 13.8 Å². The smallest absolute Gasteiger partial charge is 0.189 e. The molecule has 0 aliphatic rings. The van der Waals surface area contributed by atoms with Gasteiger partial charge in [0.15, 0.2) is 5.78 Å². The maximum Gasteiger partial charge on any atom is 0.189 e. The van der Waals surface area contributed by atoms with Crippen molar-refractivity contribution in [2.24, 2.45) is 14.1 Å². The number of aryl methyl sites for hydroxylation is 3. The third-order valence-corrected chi connectivity index (χ3v) is 3.02. The fraction of sp³-hybridized carbons (Fsp3) is 0.308. The minimum absolute atomic E-state index is 0.0284. The molecule has 0 bridgehead atoms. The van der Waals surface area contributed by atoms with E-state index in [1.165, 1.54) is 0 Å². The lowest BCUT2D eigenvalue weighted by molar-refractivity contribution is 0.104. The monoisotopic (exact) mass is 244 g/mol. The summed E-state index contributed by atoms with van der Waals surface area (Å²) in [6, 6.07) is 1.85. The van der Waals surface area contributed by atoms with Gasteiger partial charge < -0.3 is 0 Å². The number of carbonyl (C=O) groups excluding carboxylic acids is 1. The average Bonchev–Trinajstić information content (AvgIpc) is 2.81. The van der Waals surface area contributed by atoms with Crippen molar-refractivity contribution in [2.75, 3.05) is 0 Å². The molecule has 0 saturated heterocycles. The Labute approximate surface area is 106 Å². The molecule has 5 heteroatoms. The normalized spacial score (nSPS) is 11.3. The molecule has 0 saturated carbocycles. The minimum Gasteiger partial charge on any atom is -0.289 e. The Morgan fingerprint density at radius 2 is 2.00 bits per heavy atom. The lowest BCUT2D eigenvalue weighted by atomic mass is 10.1. The number of hydrogen-bond donors (Lipinski definition) is 0. The molecule has 0 aromatic carbocycles. The van der Waals surface area contributed by atoms with E-state index in [1.807, 2.05) is 34.0 Å². The molecule has 0 atom stereocenters. The van der Waals surface area contributed by atoms with Crippen molar-refractivity contribution >= 4 is 11.9 Å². The third kappa shape index (κ3) is 2.11. The number of aromatic nitrogens is 4. The van der Waals surface area contributed by atoms with Crippen molar-refractivity contribution in [1.29, 1.82) is 0 Å². The summed E-state index contributed by atoms with van der Waals surface area (Å²) in [6.45, 7) is 3.74. The maximum atomic E-state index is 12.1. The molecule has 0 aliphatic heterocycles. The van der Waals surface area contributed by atoms with Gasteiger partial charge in [0.1, 0.15) is 0 Å². The quantitative estimate of drug-likeness (QED) is 0.609. The number of allylic oxidation sites excluding steroid dienone is 1. The molecule has 0 unspecified atom stereocenters. The molecule has 0 radical (unpaired) electrons. The Bertz CT molecular complexity index is 619. The minimum atomic E-state index is -0.0284. The van der Waals surface area contributed by atoms with Crippen molar-refractivity contribution in [3.63, 3.8) is 0 Å². The van der Waals surface area contributed by atoms with Crippen LogP contribution in [-0.4, -0.2) is 25.3 Å². The second-order valence-corrected chi connectivity index (χ2v) is 4.25. The predicted octanol–water partition coefficient (Wildman–Crippen LogP) is 1.67. The van der Waals surface area contributed by atoms with E-state index in [0.29, 0.717) is 5.56 Å². The molecule has 18 heavy (non-hydrogen) atoms. The highest BCUT2D eigenvalue weighted by atomic mass is 16.1. The summed E-state index contributed by atoms with van der Waals surface area (Å²) in [7, 11) is 3.68. The first-order chi connectivity index (χ1) is 8.50. The van der Waals surface area contributed by atoms with Crippen molar-refractivity contribution in [1.82, 2.24) is 19.6 Å².